The van der Waals surface area contributed by atoms with Gasteiger partial charge in [-0.05, 0) is 25.0 Å². The minimum atomic E-state index is -2.89. The summed E-state index contributed by atoms with van der Waals surface area (Å²) in [6.07, 6.45) is -0.867. The molecular weight excluding hydrogens is 270 g/mol. The number of hydrogen-bond donors (Lipinski definition) is 2. The van der Waals surface area contributed by atoms with E-state index in [1.54, 1.807) is 0 Å². The summed E-state index contributed by atoms with van der Waals surface area (Å²) in [4.78, 5) is 11.6. The number of carbonyl (C=O) groups is 1. The van der Waals surface area contributed by atoms with Crippen LogP contribution in [0.2, 0.25) is 0 Å². The molecule has 1 aromatic rings. The van der Waals surface area contributed by atoms with Crippen molar-refractivity contribution in [3.8, 4) is 11.5 Å². The van der Waals surface area contributed by atoms with Crippen LogP contribution in [0.4, 0.5) is 8.78 Å². The Morgan fingerprint density at radius 2 is 1.95 bits per heavy atom. The number of carboxylic acids is 1. The highest BCUT2D eigenvalue weighted by Gasteiger charge is 2.45. The summed E-state index contributed by atoms with van der Waals surface area (Å²) >= 11 is 0. The molecule has 0 heterocycles. The van der Waals surface area contributed by atoms with E-state index >= 15 is 0 Å². The summed E-state index contributed by atoms with van der Waals surface area (Å²) < 4.78 is 30.9. The zero-order valence-corrected chi connectivity index (χ0v) is 11.0. The highest BCUT2D eigenvalue weighted by Crippen LogP contribution is 2.48. The minimum Gasteiger partial charge on any atom is -0.507 e. The van der Waals surface area contributed by atoms with Crippen molar-refractivity contribution in [1.82, 2.24) is 0 Å². The van der Waals surface area contributed by atoms with Crippen LogP contribution >= 0.6 is 0 Å². The van der Waals surface area contributed by atoms with Crippen molar-refractivity contribution in [3.63, 3.8) is 0 Å². The monoisotopic (exact) mass is 286 g/mol. The maximum atomic E-state index is 13.0. The largest absolute Gasteiger partial charge is 0.507 e. The van der Waals surface area contributed by atoms with Crippen molar-refractivity contribution >= 4 is 5.97 Å². The fourth-order valence-corrected chi connectivity index (χ4v) is 2.86. The van der Waals surface area contributed by atoms with Gasteiger partial charge in [0.25, 0.3) is 6.43 Å². The molecule has 0 atom stereocenters. The van der Waals surface area contributed by atoms with E-state index in [1.165, 1.54) is 13.2 Å². The summed E-state index contributed by atoms with van der Waals surface area (Å²) in [5.74, 6) is -1.61. The van der Waals surface area contributed by atoms with E-state index in [1.807, 2.05) is 0 Å². The molecule has 0 unspecified atom stereocenters. The standard InChI is InChI=1S/C14H16F2O4/c1-20-8-6-9(12(15)16)11(17)10(7-8)14(13(18)19)4-2-3-5-14/h6-7,12,17H,2-5H2,1H3,(H,18,19). The summed E-state index contributed by atoms with van der Waals surface area (Å²) in [6.45, 7) is 0. The molecule has 20 heavy (non-hydrogen) atoms. The first-order valence-corrected chi connectivity index (χ1v) is 6.35. The molecule has 2 N–H and O–H groups in total. The zero-order chi connectivity index (χ0) is 14.9. The van der Waals surface area contributed by atoms with Crippen molar-refractivity contribution in [3.05, 3.63) is 23.3 Å². The smallest absolute Gasteiger partial charge is 0.314 e. The summed E-state index contributed by atoms with van der Waals surface area (Å²) in [5, 5.41) is 19.6. The van der Waals surface area contributed by atoms with Crippen molar-refractivity contribution in [2.45, 2.75) is 37.5 Å². The lowest BCUT2D eigenvalue weighted by atomic mass is 9.77. The van der Waals surface area contributed by atoms with E-state index in [2.05, 4.69) is 0 Å². The summed E-state index contributed by atoms with van der Waals surface area (Å²) in [6, 6.07) is 2.38. The average Bonchev–Trinajstić information content (AvgIpc) is 2.89. The zero-order valence-electron chi connectivity index (χ0n) is 11.0. The Morgan fingerprint density at radius 3 is 2.40 bits per heavy atom. The van der Waals surface area contributed by atoms with Crippen molar-refractivity contribution in [2.24, 2.45) is 0 Å². The van der Waals surface area contributed by atoms with Gasteiger partial charge in [0.2, 0.25) is 0 Å². The van der Waals surface area contributed by atoms with Gasteiger partial charge >= 0.3 is 5.97 Å². The molecule has 6 heteroatoms. The van der Waals surface area contributed by atoms with Gasteiger partial charge in [0, 0.05) is 5.56 Å². The molecule has 1 aliphatic carbocycles. The molecule has 0 aliphatic heterocycles. The molecule has 1 fully saturated rings. The molecule has 0 saturated heterocycles. The van der Waals surface area contributed by atoms with Gasteiger partial charge in [-0.15, -0.1) is 0 Å². The molecule has 1 saturated carbocycles. The van der Waals surface area contributed by atoms with E-state index < -0.39 is 29.1 Å². The fourth-order valence-electron chi connectivity index (χ4n) is 2.86. The van der Waals surface area contributed by atoms with E-state index in [0.717, 1.165) is 6.07 Å². The third-order valence-corrected chi connectivity index (χ3v) is 3.97. The van der Waals surface area contributed by atoms with Gasteiger partial charge in [0.1, 0.15) is 11.5 Å². The van der Waals surface area contributed by atoms with Crippen molar-refractivity contribution in [2.75, 3.05) is 7.11 Å². The number of carboxylic acid groups (broad SMARTS) is 1. The van der Waals surface area contributed by atoms with E-state index in [4.69, 9.17) is 4.74 Å². The Balaban J connectivity index is 2.65. The third kappa shape index (κ3) is 2.19. The fraction of sp³-hybridized carbons (Fsp3) is 0.500. The molecule has 1 aromatic carbocycles. The number of benzene rings is 1. The second kappa shape index (κ2) is 5.26. The molecule has 0 spiro atoms. The van der Waals surface area contributed by atoms with Gasteiger partial charge in [-0.25, -0.2) is 8.78 Å². The van der Waals surface area contributed by atoms with Crippen LogP contribution in [0.3, 0.4) is 0 Å². The Morgan fingerprint density at radius 1 is 1.35 bits per heavy atom. The van der Waals surface area contributed by atoms with E-state index in [9.17, 15) is 23.8 Å². The van der Waals surface area contributed by atoms with Crippen LogP contribution in [0, 0.1) is 0 Å². The lowest BCUT2D eigenvalue weighted by Crippen LogP contribution is -2.32. The van der Waals surface area contributed by atoms with Gasteiger partial charge < -0.3 is 14.9 Å². The number of phenolic OH excluding ortho intramolecular Hbond substituents is 1. The Bertz CT molecular complexity index is 522. The number of rotatable bonds is 4. The Labute approximate surface area is 115 Å². The van der Waals surface area contributed by atoms with Crippen molar-refractivity contribution in [1.29, 1.82) is 0 Å². The first kappa shape index (κ1) is 14.6. The second-order valence-electron chi connectivity index (χ2n) is 5.01. The third-order valence-electron chi connectivity index (χ3n) is 3.97. The number of alkyl halides is 2. The van der Waals surface area contributed by atoms with E-state index in [0.29, 0.717) is 25.7 Å². The van der Waals surface area contributed by atoms with Crippen LogP contribution in [-0.2, 0) is 10.2 Å². The van der Waals surface area contributed by atoms with Crippen LogP contribution in [0.1, 0.15) is 43.2 Å². The molecule has 0 amide bonds. The molecule has 0 bridgehead atoms. The normalized spacial score (nSPS) is 17.4. The van der Waals surface area contributed by atoms with E-state index in [-0.39, 0.29) is 11.3 Å². The van der Waals surface area contributed by atoms with Crippen LogP contribution in [-0.4, -0.2) is 23.3 Å². The first-order chi connectivity index (χ1) is 9.42. The first-order valence-electron chi connectivity index (χ1n) is 6.35. The Hall–Kier alpha value is -1.85. The van der Waals surface area contributed by atoms with Gasteiger partial charge in [-0.3, -0.25) is 4.79 Å². The molecule has 0 aromatic heterocycles. The predicted molar refractivity (Wildman–Crippen MR) is 67.4 cm³/mol. The van der Waals surface area contributed by atoms with Crippen LogP contribution in [0.5, 0.6) is 11.5 Å². The molecular formula is C14H16F2O4. The summed E-state index contributed by atoms with van der Waals surface area (Å²) in [5.41, 5.74) is -1.87. The highest BCUT2D eigenvalue weighted by molar-refractivity contribution is 5.83. The highest BCUT2D eigenvalue weighted by atomic mass is 19.3. The van der Waals surface area contributed by atoms with Gasteiger partial charge in [0.05, 0.1) is 18.1 Å². The molecule has 1 aliphatic rings. The second-order valence-corrected chi connectivity index (χ2v) is 5.01. The number of halogens is 2. The van der Waals surface area contributed by atoms with Gasteiger partial charge in [0.15, 0.2) is 0 Å². The minimum absolute atomic E-state index is 0.0251. The van der Waals surface area contributed by atoms with Crippen LogP contribution in [0.25, 0.3) is 0 Å². The van der Waals surface area contributed by atoms with Crippen molar-refractivity contribution < 1.29 is 28.5 Å². The lowest BCUT2D eigenvalue weighted by molar-refractivity contribution is -0.143. The maximum absolute atomic E-state index is 13.0. The number of aliphatic carboxylic acids is 1. The number of methoxy groups -OCH3 is 1. The number of hydrogen-bond acceptors (Lipinski definition) is 3. The number of phenols is 1. The van der Waals surface area contributed by atoms with Crippen LogP contribution in [0.15, 0.2) is 12.1 Å². The topological polar surface area (TPSA) is 66.8 Å². The molecule has 4 nitrogen and oxygen atoms in total. The van der Waals surface area contributed by atoms with Gasteiger partial charge in [-0.2, -0.15) is 0 Å². The molecule has 2 rings (SSSR count). The molecule has 0 radical (unpaired) electrons. The number of aromatic hydroxyl groups is 1. The number of ether oxygens (including phenoxy) is 1. The maximum Gasteiger partial charge on any atom is 0.314 e. The average molecular weight is 286 g/mol. The molecule has 110 valence electrons. The van der Waals surface area contributed by atoms with Crippen LogP contribution < -0.4 is 4.74 Å². The lowest BCUT2D eigenvalue weighted by Gasteiger charge is -2.26. The Kier molecular flexibility index (Phi) is 3.83. The van der Waals surface area contributed by atoms with Gasteiger partial charge in [-0.1, -0.05) is 12.8 Å². The predicted octanol–water partition coefficient (Wildman–Crippen LogP) is 3.23. The SMILES string of the molecule is COc1cc(C(F)F)c(O)c(C2(C(=O)O)CCCC2)c1. The quantitative estimate of drug-likeness (QED) is 0.891. The summed E-state index contributed by atoms with van der Waals surface area (Å²) in [7, 11) is 1.31.